The lowest BCUT2D eigenvalue weighted by atomic mass is 10.1. The summed E-state index contributed by atoms with van der Waals surface area (Å²) in [6.45, 7) is 8.03. The van der Waals surface area contributed by atoms with Gasteiger partial charge in [0.05, 0.1) is 12.9 Å². The lowest BCUT2D eigenvalue weighted by molar-refractivity contribution is -0.128. The summed E-state index contributed by atoms with van der Waals surface area (Å²) >= 11 is 0. The van der Waals surface area contributed by atoms with Gasteiger partial charge in [0.1, 0.15) is 0 Å². The van der Waals surface area contributed by atoms with E-state index in [4.69, 9.17) is 24.4 Å². The predicted octanol–water partition coefficient (Wildman–Crippen LogP) is 3.58. The molecule has 1 fully saturated rings. The van der Waals surface area contributed by atoms with Crippen LogP contribution >= 0.6 is 0 Å². The highest BCUT2D eigenvalue weighted by atomic mass is 16.7. The van der Waals surface area contributed by atoms with Crippen molar-refractivity contribution >= 4 is 28.8 Å². The number of ether oxygens (including phenoxy) is 2. The van der Waals surface area contributed by atoms with Gasteiger partial charge in [-0.2, -0.15) is 9.97 Å². The molecule has 1 amide bonds. The Bertz CT molecular complexity index is 1480. The molecule has 2 aliphatic rings. The van der Waals surface area contributed by atoms with Crippen LogP contribution in [0.3, 0.4) is 0 Å². The molecule has 10 heteroatoms. The smallest absolute Gasteiger partial charge is 0.231 e. The Morgan fingerprint density at radius 3 is 2.76 bits per heavy atom. The molecule has 2 aromatic heterocycles. The Morgan fingerprint density at radius 2 is 1.89 bits per heavy atom. The minimum atomic E-state index is 0.102. The summed E-state index contributed by atoms with van der Waals surface area (Å²) in [5, 5.41) is 3.49. The van der Waals surface area contributed by atoms with Gasteiger partial charge in [-0.3, -0.25) is 4.79 Å². The van der Waals surface area contributed by atoms with Gasteiger partial charge < -0.3 is 29.2 Å². The first-order chi connectivity index (χ1) is 18.5. The zero-order chi connectivity index (χ0) is 26.1. The van der Waals surface area contributed by atoms with Crippen LogP contribution in [0.4, 0.5) is 11.8 Å². The highest BCUT2D eigenvalue weighted by Gasteiger charge is 2.22. The number of hydrogen-bond acceptors (Lipinski definition) is 8. The van der Waals surface area contributed by atoms with Gasteiger partial charge in [0.2, 0.25) is 18.6 Å². The number of nitrogens with zero attached hydrogens (tertiary/aromatic N) is 6. The number of rotatable bonds is 6. The molecule has 1 saturated heterocycles. The Labute approximate surface area is 221 Å². The number of aryl methyl sites for hydroxylation is 1. The summed E-state index contributed by atoms with van der Waals surface area (Å²) in [6.07, 6.45) is 2.70. The van der Waals surface area contributed by atoms with Gasteiger partial charge in [0.15, 0.2) is 28.5 Å². The third kappa shape index (κ3) is 4.93. The molecule has 10 nitrogen and oxygen atoms in total. The van der Waals surface area contributed by atoms with Gasteiger partial charge in [0, 0.05) is 39.6 Å². The number of hydrogen-bond donors (Lipinski definition) is 1. The summed E-state index contributed by atoms with van der Waals surface area (Å²) in [6, 6.07) is 14.4. The standard InChI is InChI=1S/C28H31N7O3/c1-19-5-3-6-22(13-19)16-35-17-30-25-26(29-15-21-7-8-23-24(14-21)38-18-37-23)31-28(32-27(25)35)34-10-4-9-33(11-12-34)20(2)36/h3,5-8,13-14,17H,4,9-12,15-16,18H2,1-2H3,(H,29,31,32). The maximum Gasteiger partial charge on any atom is 0.231 e. The number of carbonyl (C=O) groups excluding carboxylic acids is 1. The number of anilines is 2. The van der Waals surface area contributed by atoms with E-state index >= 15 is 0 Å². The first-order valence-electron chi connectivity index (χ1n) is 12.9. The van der Waals surface area contributed by atoms with Crippen LogP contribution < -0.4 is 19.7 Å². The molecule has 0 bridgehead atoms. The number of fused-ring (bicyclic) bond motifs is 2. The van der Waals surface area contributed by atoms with E-state index in [9.17, 15) is 4.79 Å². The fraction of sp³-hybridized carbons (Fsp3) is 0.357. The summed E-state index contributed by atoms with van der Waals surface area (Å²) in [4.78, 5) is 30.6. The van der Waals surface area contributed by atoms with E-state index in [-0.39, 0.29) is 12.7 Å². The SMILES string of the molecule is CC(=O)N1CCCN(c2nc(NCc3ccc4c(c3)OCO4)c3ncn(Cc4cccc(C)c4)c3n2)CC1. The maximum atomic E-state index is 12.0. The molecule has 2 aliphatic heterocycles. The van der Waals surface area contributed by atoms with Crippen molar-refractivity contribution in [1.82, 2.24) is 24.4 Å². The van der Waals surface area contributed by atoms with Crippen molar-refractivity contribution in [1.29, 1.82) is 0 Å². The minimum Gasteiger partial charge on any atom is -0.454 e. The van der Waals surface area contributed by atoms with Gasteiger partial charge in [-0.1, -0.05) is 35.9 Å². The third-order valence-electron chi connectivity index (χ3n) is 7.01. The Hall–Kier alpha value is -4.34. The van der Waals surface area contributed by atoms with Crippen molar-refractivity contribution in [3.8, 4) is 11.5 Å². The largest absolute Gasteiger partial charge is 0.454 e. The van der Waals surface area contributed by atoms with Gasteiger partial charge in [0.25, 0.3) is 0 Å². The second-order valence-corrected chi connectivity index (χ2v) is 9.79. The molecular weight excluding hydrogens is 482 g/mol. The van der Waals surface area contributed by atoms with E-state index in [1.165, 1.54) is 11.1 Å². The van der Waals surface area contributed by atoms with Crippen LogP contribution in [-0.4, -0.2) is 63.3 Å². The first kappa shape index (κ1) is 24.0. The fourth-order valence-corrected chi connectivity index (χ4v) is 4.99. The highest BCUT2D eigenvalue weighted by Crippen LogP contribution is 2.33. The summed E-state index contributed by atoms with van der Waals surface area (Å²) in [5.41, 5.74) is 4.95. The van der Waals surface area contributed by atoms with Gasteiger partial charge in [-0.25, -0.2) is 4.98 Å². The van der Waals surface area contributed by atoms with Crippen molar-refractivity contribution in [2.75, 3.05) is 43.2 Å². The van der Waals surface area contributed by atoms with Gasteiger partial charge in [-0.05, 0) is 36.6 Å². The van der Waals surface area contributed by atoms with E-state index in [1.54, 1.807) is 6.92 Å². The lowest BCUT2D eigenvalue weighted by Crippen LogP contribution is -2.34. The predicted molar refractivity (Wildman–Crippen MR) is 145 cm³/mol. The Kier molecular flexibility index (Phi) is 6.45. The van der Waals surface area contributed by atoms with Crippen LogP contribution in [0, 0.1) is 6.92 Å². The average molecular weight is 514 g/mol. The zero-order valence-corrected chi connectivity index (χ0v) is 21.7. The second kappa shape index (κ2) is 10.2. The molecule has 1 N–H and O–H groups in total. The van der Waals surface area contributed by atoms with Crippen LogP contribution in [0.5, 0.6) is 11.5 Å². The quantitative estimate of drug-likeness (QED) is 0.418. The van der Waals surface area contributed by atoms with Crippen molar-refractivity contribution < 1.29 is 14.3 Å². The minimum absolute atomic E-state index is 0.102. The van der Waals surface area contributed by atoms with E-state index in [2.05, 4.69) is 46.0 Å². The Balaban J connectivity index is 1.33. The van der Waals surface area contributed by atoms with E-state index < -0.39 is 0 Å². The molecule has 4 heterocycles. The maximum absolute atomic E-state index is 12.0. The molecule has 2 aromatic carbocycles. The van der Waals surface area contributed by atoms with E-state index in [1.807, 2.05) is 29.4 Å². The average Bonchev–Trinajstić information content (AvgIpc) is 3.46. The van der Waals surface area contributed by atoms with Crippen LogP contribution in [0.25, 0.3) is 11.2 Å². The van der Waals surface area contributed by atoms with Crippen LogP contribution in [-0.2, 0) is 17.9 Å². The van der Waals surface area contributed by atoms with Crippen LogP contribution in [0.1, 0.15) is 30.0 Å². The second-order valence-electron chi connectivity index (χ2n) is 9.79. The molecule has 0 aliphatic carbocycles. The zero-order valence-electron chi connectivity index (χ0n) is 21.7. The van der Waals surface area contributed by atoms with Crippen molar-refractivity contribution in [3.05, 3.63) is 65.5 Å². The van der Waals surface area contributed by atoms with Crippen LogP contribution in [0.15, 0.2) is 48.8 Å². The van der Waals surface area contributed by atoms with Gasteiger partial charge in [-0.15, -0.1) is 0 Å². The highest BCUT2D eigenvalue weighted by molar-refractivity contribution is 5.84. The molecule has 196 valence electrons. The number of carbonyl (C=O) groups is 1. The monoisotopic (exact) mass is 513 g/mol. The normalized spacial score (nSPS) is 15.1. The van der Waals surface area contributed by atoms with Crippen LogP contribution in [0.2, 0.25) is 0 Å². The molecule has 0 saturated carbocycles. The third-order valence-corrected chi connectivity index (χ3v) is 7.01. The summed E-state index contributed by atoms with van der Waals surface area (Å²) in [7, 11) is 0. The fourth-order valence-electron chi connectivity index (χ4n) is 4.99. The molecule has 0 unspecified atom stereocenters. The summed E-state index contributed by atoms with van der Waals surface area (Å²) < 4.78 is 13.1. The number of imidazole rings is 1. The topological polar surface area (TPSA) is 97.6 Å². The summed E-state index contributed by atoms with van der Waals surface area (Å²) in [5.74, 6) is 2.93. The molecule has 0 spiro atoms. The van der Waals surface area contributed by atoms with Crippen molar-refractivity contribution in [3.63, 3.8) is 0 Å². The van der Waals surface area contributed by atoms with E-state index in [0.29, 0.717) is 37.9 Å². The lowest BCUT2D eigenvalue weighted by Gasteiger charge is -2.22. The van der Waals surface area contributed by atoms with E-state index in [0.717, 1.165) is 47.7 Å². The first-order valence-corrected chi connectivity index (χ1v) is 12.9. The molecule has 0 radical (unpaired) electrons. The molecule has 0 atom stereocenters. The number of benzene rings is 2. The van der Waals surface area contributed by atoms with Crippen molar-refractivity contribution in [2.24, 2.45) is 0 Å². The van der Waals surface area contributed by atoms with Gasteiger partial charge >= 0.3 is 0 Å². The number of nitrogens with one attached hydrogen (secondary N) is 1. The number of aromatic nitrogens is 4. The van der Waals surface area contributed by atoms with Crippen molar-refractivity contribution in [2.45, 2.75) is 33.4 Å². The molecule has 38 heavy (non-hydrogen) atoms. The molecule has 6 rings (SSSR count). The molecule has 4 aromatic rings. The Morgan fingerprint density at radius 1 is 1.00 bits per heavy atom. The molecular formula is C28H31N7O3. The number of amides is 1.